The van der Waals surface area contributed by atoms with E-state index >= 15 is 0 Å². The predicted molar refractivity (Wildman–Crippen MR) is 51.9 cm³/mol. The van der Waals surface area contributed by atoms with Gasteiger partial charge < -0.3 is 10.6 Å². The van der Waals surface area contributed by atoms with Gasteiger partial charge in [-0.3, -0.25) is 0 Å². The molecule has 0 atom stereocenters. The van der Waals surface area contributed by atoms with E-state index in [-0.39, 0.29) is 24.8 Å². The summed E-state index contributed by atoms with van der Waals surface area (Å²) in [4.78, 5) is 0. The van der Waals surface area contributed by atoms with Gasteiger partial charge in [-0.05, 0) is 31.3 Å². The molecule has 2 aliphatic rings. The number of nitrogens with one attached hydrogen (secondary N) is 2. The standard InChI is InChI=1S/C7H14N2.2ClH/c1-3-8-4-2-7(1)5-9-6-7;;/h8-9H,1-6H2;2*1H. The zero-order valence-corrected chi connectivity index (χ0v) is 8.19. The average Bonchev–Trinajstić information content (AvgIpc) is 1.87. The Labute approximate surface area is 80.3 Å². The van der Waals surface area contributed by atoms with Crippen LogP contribution >= 0.6 is 24.8 Å². The third kappa shape index (κ3) is 2.22. The highest BCUT2D eigenvalue weighted by molar-refractivity contribution is 5.85. The van der Waals surface area contributed by atoms with E-state index in [4.69, 9.17) is 0 Å². The molecule has 2 fully saturated rings. The van der Waals surface area contributed by atoms with Crippen molar-refractivity contribution < 1.29 is 0 Å². The van der Waals surface area contributed by atoms with Crippen molar-refractivity contribution in [2.75, 3.05) is 26.2 Å². The van der Waals surface area contributed by atoms with Gasteiger partial charge in [-0.1, -0.05) is 0 Å². The van der Waals surface area contributed by atoms with Crippen LogP contribution in [0.3, 0.4) is 0 Å². The highest BCUT2D eigenvalue weighted by atomic mass is 35.5. The summed E-state index contributed by atoms with van der Waals surface area (Å²) >= 11 is 0. The Morgan fingerprint density at radius 1 is 0.818 bits per heavy atom. The van der Waals surface area contributed by atoms with Crippen LogP contribution in [0, 0.1) is 5.41 Å². The van der Waals surface area contributed by atoms with Gasteiger partial charge >= 0.3 is 0 Å². The van der Waals surface area contributed by atoms with Crippen molar-refractivity contribution in [2.24, 2.45) is 5.41 Å². The molecule has 0 radical (unpaired) electrons. The van der Waals surface area contributed by atoms with Gasteiger partial charge in [-0.25, -0.2) is 0 Å². The molecular weight excluding hydrogens is 183 g/mol. The molecule has 0 amide bonds. The van der Waals surface area contributed by atoms with Gasteiger partial charge in [0.25, 0.3) is 0 Å². The van der Waals surface area contributed by atoms with Crippen LogP contribution in [-0.4, -0.2) is 26.2 Å². The zero-order valence-electron chi connectivity index (χ0n) is 6.56. The van der Waals surface area contributed by atoms with Gasteiger partial charge in [0.05, 0.1) is 0 Å². The minimum Gasteiger partial charge on any atom is -0.317 e. The van der Waals surface area contributed by atoms with Crippen LogP contribution in [-0.2, 0) is 0 Å². The molecule has 2 rings (SSSR count). The second-order valence-corrected chi connectivity index (χ2v) is 3.35. The lowest BCUT2D eigenvalue weighted by molar-refractivity contribution is 0.116. The summed E-state index contributed by atoms with van der Waals surface area (Å²) < 4.78 is 0. The monoisotopic (exact) mass is 198 g/mol. The number of hydrogen-bond donors (Lipinski definition) is 2. The lowest BCUT2D eigenvalue weighted by Crippen LogP contribution is -2.57. The zero-order chi connectivity index (χ0) is 6.16. The van der Waals surface area contributed by atoms with E-state index in [0.717, 1.165) is 5.41 Å². The molecule has 0 saturated carbocycles. The highest BCUT2D eigenvalue weighted by Gasteiger charge is 2.37. The molecule has 0 bridgehead atoms. The molecular formula is C7H16Cl2N2. The minimum atomic E-state index is 0. The van der Waals surface area contributed by atoms with E-state index < -0.39 is 0 Å². The average molecular weight is 199 g/mol. The molecule has 11 heavy (non-hydrogen) atoms. The summed E-state index contributed by atoms with van der Waals surface area (Å²) in [7, 11) is 0. The molecule has 0 unspecified atom stereocenters. The van der Waals surface area contributed by atoms with Crippen LogP contribution in [0.1, 0.15) is 12.8 Å². The Morgan fingerprint density at radius 2 is 1.36 bits per heavy atom. The maximum atomic E-state index is 3.38. The predicted octanol–water partition coefficient (Wildman–Crippen LogP) is 0.803. The molecule has 0 aliphatic carbocycles. The van der Waals surface area contributed by atoms with Crippen LogP contribution < -0.4 is 10.6 Å². The van der Waals surface area contributed by atoms with Crippen LogP contribution in [0.2, 0.25) is 0 Å². The molecule has 2 aliphatic heterocycles. The number of piperidine rings is 1. The Balaban J connectivity index is 0.000000500. The number of hydrogen-bond acceptors (Lipinski definition) is 2. The van der Waals surface area contributed by atoms with Crippen LogP contribution in [0.4, 0.5) is 0 Å². The van der Waals surface area contributed by atoms with Crippen molar-refractivity contribution in [2.45, 2.75) is 12.8 Å². The van der Waals surface area contributed by atoms with Gasteiger partial charge in [0, 0.05) is 13.1 Å². The molecule has 1 spiro atoms. The molecule has 68 valence electrons. The number of rotatable bonds is 0. The van der Waals surface area contributed by atoms with Crippen molar-refractivity contribution in [1.29, 1.82) is 0 Å². The van der Waals surface area contributed by atoms with Crippen LogP contribution in [0.5, 0.6) is 0 Å². The molecule has 2 N–H and O–H groups in total. The first-order valence-corrected chi connectivity index (χ1v) is 3.83. The van der Waals surface area contributed by atoms with Gasteiger partial charge in [-0.15, -0.1) is 24.8 Å². The fraction of sp³-hybridized carbons (Fsp3) is 1.00. The van der Waals surface area contributed by atoms with Gasteiger partial charge in [0.15, 0.2) is 0 Å². The SMILES string of the molecule is C1CC2(CCN1)CNC2.Cl.Cl. The molecule has 2 heterocycles. The topological polar surface area (TPSA) is 24.1 Å². The van der Waals surface area contributed by atoms with Crippen molar-refractivity contribution in [3.63, 3.8) is 0 Å². The van der Waals surface area contributed by atoms with E-state index in [2.05, 4.69) is 10.6 Å². The second-order valence-electron chi connectivity index (χ2n) is 3.35. The maximum Gasteiger partial charge on any atom is 0.00212 e. The van der Waals surface area contributed by atoms with E-state index in [1.807, 2.05) is 0 Å². The first-order valence-electron chi connectivity index (χ1n) is 3.83. The quantitative estimate of drug-likeness (QED) is 0.603. The van der Waals surface area contributed by atoms with E-state index in [1.54, 1.807) is 0 Å². The van der Waals surface area contributed by atoms with E-state index in [0.29, 0.717) is 0 Å². The lowest BCUT2D eigenvalue weighted by atomic mass is 9.74. The lowest BCUT2D eigenvalue weighted by Gasteiger charge is -2.45. The van der Waals surface area contributed by atoms with Gasteiger partial charge in [0.2, 0.25) is 0 Å². The first-order chi connectivity index (χ1) is 4.41. The number of halogens is 2. The van der Waals surface area contributed by atoms with Crippen molar-refractivity contribution in [1.82, 2.24) is 10.6 Å². The largest absolute Gasteiger partial charge is 0.317 e. The summed E-state index contributed by atoms with van der Waals surface area (Å²) in [5.41, 5.74) is 0.727. The summed E-state index contributed by atoms with van der Waals surface area (Å²) in [6.45, 7) is 5.02. The van der Waals surface area contributed by atoms with Crippen molar-refractivity contribution in [3.8, 4) is 0 Å². The van der Waals surface area contributed by atoms with Crippen LogP contribution in [0.25, 0.3) is 0 Å². The third-order valence-corrected chi connectivity index (χ3v) is 2.66. The molecule has 2 saturated heterocycles. The molecule has 0 aromatic rings. The van der Waals surface area contributed by atoms with Crippen LogP contribution in [0.15, 0.2) is 0 Å². The first kappa shape index (κ1) is 11.5. The molecule has 0 aromatic heterocycles. The Hall–Kier alpha value is 0.500. The Morgan fingerprint density at radius 3 is 1.64 bits per heavy atom. The van der Waals surface area contributed by atoms with E-state index in [1.165, 1.54) is 39.0 Å². The summed E-state index contributed by atoms with van der Waals surface area (Å²) in [6.07, 6.45) is 2.78. The fourth-order valence-electron chi connectivity index (χ4n) is 1.79. The Bertz CT molecular complexity index is 107. The molecule has 4 heteroatoms. The normalized spacial score (nSPS) is 26.2. The maximum absolute atomic E-state index is 3.38. The Kier molecular flexibility index (Phi) is 4.71. The smallest absolute Gasteiger partial charge is 0.00212 e. The van der Waals surface area contributed by atoms with Gasteiger partial charge in [0.1, 0.15) is 0 Å². The second kappa shape index (κ2) is 4.51. The third-order valence-electron chi connectivity index (χ3n) is 2.66. The summed E-state index contributed by atoms with van der Waals surface area (Å²) in [5, 5.41) is 6.72. The highest BCUT2D eigenvalue weighted by Crippen LogP contribution is 2.31. The van der Waals surface area contributed by atoms with E-state index in [9.17, 15) is 0 Å². The summed E-state index contributed by atoms with van der Waals surface area (Å²) in [5.74, 6) is 0. The molecule has 2 nitrogen and oxygen atoms in total. The minimum absolute atomic E-state index is 0. The van der Waals surface area contributed by atoms with Crippen molar-refractivity contribution in [3.05, 3.63) is 0 Å². The molecule has 0 aromatic carbocycles. The fourth-order valence-corrected chi connectivity index (χ4v) is 1.79. The van der Waals surface area contributed by atoms with Gasteiger partial charge in [-0.2, -0.15) is 0 Å². The summed E-state index contributed by atoms with van der Waals surface area (Å²) in [6, 6.07) is 0. The van der Waals surface area contributed by atoms with Crippen molar-refractivity contribution >= 4 is 24.8 Å².